The number of amides is 1. The van der Waals surface area contributed by atoms with Crippen molar-refractivity contribution in [3.8, 4) is 16.9 Å². The number of hydrogen-bond donors (Lipinski definition) is 3. The van der Waals surface area contributed by atoms with Crippen molar-refractivity contribution in [2.24, 2.45) is 10.9 Å². The molecule has 0 spiro atoms. The Hall–Kier alpha value is -3.95. The van der Waals surface area contributed by atoms with Gasteiger partial charge in [0.05, 0.1) is 16.3 Å². The lowest BCUT2D eigenvalue weighted by Gasteiger charge is -2.20. The Kier molecular flexibility index (Phi) is 5.43. The molecule has 0 atom stereocenters. The Balaban J connectivity index is 1.59. The summed E-state index contributed by atoms with van der Waals surface area (Å²) in [6.45, 7) is 0.674. The number of anilines is 1. The fraction of sp³-hybridized carbons (Fsp3) is 0.120. The summed E-state index contributed by atoms with van der Waals surface area (Å²) in [7, 11) is -3.82. The van der Waals surface area contributed by atoms with Gasteiger partial charge in [-0.25, -0.2) is 18.2 Å². The number of carbonyl (C=O) groups is 1. The van der Waals surface area contributed by atoms with Crippen LogP contribution in [0.5, 0.6) is 0 Å². The number of hydrogen-bond acceptors (Lipinski definition) is 5. The van der Waals surface area contributed by atoms with Crippen LogP contribution in [0.3, 0.4) is 0 Å². The van der Waals surface area contributed by atoms with Crippen LogP contribution < -0.4 is 16.2 Å². The molecule has 1 aromatic heterocycles. The number of aromatic nitrogens is 2. The van der Waals surface area contributed by atoms with Crippen LogP contribution in [0.25, 0.3) is 16.9 Å². The predicted octanol–water partition coefficient (Wildman–Crippen LogP) is 3.00. The van der Waals surface area contributed by atoms with Crippen molar-refractivity contribution >= 4 is 21.6 Å². The van der Waals surface area contributed by atoms with Crippen molar-refractivity contribution in [3.05, 3.63) is 95.2 Å². The molecule has 0 aliphatic heterocycles. The molecule has 1 amide bonds. The molecule has 3 aromatic carbocycles. The quantitative estimate of drug-likeness (QED) is 0.396. The minimum atomic E-state index is -3.82. The van der Waals surface area contributed by atoms with E-state index in [4.69, 9.17) is 10.9 Å². The first-order chi connectivity index (χ1) is 16.3. The number of nitrogens with two attached hydrogens (primary N) is 2. The first kappa shape index (κ1) is 21.9. The van der Waals surface area contributed by atoms with Gasteiger partial charge in [0.15, 0.2) is 5.69 Å². The maximum absolute atomic E-state index is 12.2. The maximum Gasteiger partial charge on any atom is 0.269 e. The number of sulfonamides is 1. The number of rotatable bonds is 6. The van der Waals surface area contributed by atoms with Crippen LogP contribution in [0.1, 0.15) is 27.2 Å². The number of fused-ring (bicyclic) bond motifs is 3. The van der Waals surface area contributed by atoms with Crippen LogP contribution in [0.4, 0.5) is 5.69 Å². The largest absolute Gasteiger partial charge is 0.381 e. The van der Waals surface area contributed by atoms with Crippen molar-refractivity contribution in [1.82, 2.24) is 9.78 Å². The number of nitrogens with one attached hydrogen (secondary N) is 1. The molecule has 0 saturated heterocycles. The number of nitrogens with zero attached hydrogens (tertiary/aromatic N) is 2. The molecule has 4 aromatic rings. The molecule has 1 heterocycles. The zero-order chi connectivity index (χ0) is 23.9. The van der Waals surface area contributed by atoms with Crippen LogP contribution in [0, 0.1) is 0 Å². The van der Waals surface area contributed by atoms with Crippen molar-refractivity contribution in [3.63, 3.8) is 0 Å². The summed E-state index contributed by atoms with van der Waals surface area (Å²) >= 11 is 0. The molecule has 9 heteroatoms. The van der Waals surface area contributed by atoms with Crippen LogP contribution in [-0.2, 0) is 29.4 Å². The third kappa shape index (κ3) is 4.07. The zero-order valence-electron chi connectivity index (χ0n) is 18.2. The normalized spacial score (nSPS) is 12.6. The Morgan fingerprint density at radius 1 is 1.00 bits per heavy atom. The smallest absolute Gasteiger partial charge is 0.269 e. The monoisotopic (exact) mass is 473 g/mol. The van der Waals surface area contributed by atoms with E-state index in [-0.39, 0.29) is 10.6 Å². The van der Waals surface area contributed by atoms with Gasteiger partial charge < -0.3 is 11.1 Å². The first-order valence-electron chi connectivity index (χ1n) is 10.8. The van der Waals surface area contributed by atoms with E-state index >= 15 is 0 Å². The number of primary amides is 1. The first-order valence-corrected chi connectivity index (χ1v) is 12.3. The van der Waals surface area contributed by atoms with Gasteiger partial charge in [0, 0.05) is 23.4 Å². The van der Waals surface area contributed by atoms with Crippen LogP contribution in [0.2, 0.25) is 0 Å². The molecule has 34 heavy (non-hydrogen) atoms. The highest BCUT2D eigenvalue weighted by Crippen LogP contribution is 2.38. The molecule has 8 nitrogen and oxygen atoms in total. The molecule has 5 rings (SSSR count). The molecular formula is C25H23N5O3S. The van der Waals surface area contributed by atoms with E-state index in [1.807, 2.05) is 24.3 Å². The van der Waals surface area contributed by atoms with Crippen LogP contribution in [0.15, 0.2) is 77.7 Å². The molecule has 0 bridgehead atoms. The van der Waals surface area contributed by atoms with E-state index in [0.717, 1.165) is 40.1 Å². The van der Waals surface area contributed by atoms with Gasteiger partial charge in [0.1, 0.15) is 0 Å². The van der Waals surface area contributed by atoms with E-state index in [1.165, 1.54) is 12.1 Å². The van der Waals surface area contributed by atoms with Crippen molar-refractivity contribution in [2.75, 3.05) is 5.32 Å². The minimum absolute atomic E-state index is 0.000182. The molecule has 1 aliphatic carbocycles. The second-order valence-electron chi connectivity index (χ2n) is 8.20. The fourth-order valence-electron chi connectivity index (χ4n) is 4.31. The zero-order valence-corrected chi connectivity index (χ0v) is 19.0. The van der Waals surface area contributed by atoms with Crippen molar-refractivity contribution in [2.45, 2.75) is 24.3 Å². The summed E-state index contributed by atoms with van der Waals surface area (Å²) in [5.74, 6) is -0.599. The molecule has 5 N–H and O–H groups in total. The van der Waals surface area contributed by atoms with E-state index in [1.54, 1.807) is 16.8 Å². The van der Waals surface area contributed by atoms with Gasteiger partial charge in [0.25, 0.3) is 5.91 Å². The molecular weight excluding hydrogens is 450 g/mol. The van der Waals surface area contributed by atoms with E-state index < -0.39 is 15.9 Å². The summed E-state index contributed by atoms with van der Waals surface area (Å²) in [4.78, 5) is 12.2. The molecule has 0 radical (unpaired) electrons. The summed E-state index contributed by atoms with van der Waals surface area (Å²) < 4.78 is 25.0. The standard InChI is InChI=1S/C25H23N5O3S/c26-25(31)23-21-13-7-17-6-8-18(28-15-16-4-2-1-3-5-16)14-22(17)24(21)30(29-23)19-9-11-20(12-10-19)34(27,32)33/h1-6,8-12,14,28H,7,13,15H2,(H2,26,31)(H2,27,32,33). The SMILES string of the molecule is NC(=O)c1nn(-c2ccc(S(N)(=O)=O)cc2)c2c1CCc1ccc(NCc3ccccc3)cc1-2. The molecule has 0 fully saturated rings. The van der Waals surface area contributed by atoms with Crippen molar-refractivity contribution in [1.29, 1.82) is 0 Å². The van der Waals surface area contributed by atoms with Gasteiger partial charge in [-0.1, -0.05) is 36.4 Å². The van der Waals surface area contributed by atoms with Gasteiger partial charge in [-0.05, 0) is 60.4 Å². The van der Waals surface area contributed by atoms with Gasteiger partial charge >= 0.3 is 0 Å². The average Bonchev–Trinajstić information content (AvgIpc) is 3.23. The minimum Gasteiger partial charge on any atom is -0.381 e. The van der Waals surface area contributed by atoms with E-state index in [9.17, 15) is 13.2 Å². The second kappa shape index (κ2) is 8.44. The molecule has 1 aliphatic rings. The molecule has 0 unspecified atom stereocenters. The number of primary sulfonamides is 1. The van der Waals surface area contributed by atoms with Gasteiger partial charge in [-0.3, -0.25) is 4.79 Å². The number of aryl methyl sites for hydroxylation is 1. The molecule has 0 saturated carbocycles. The van der Waals surface area contributed by atoms with Crippen LogP contribution in [-0.4, -0.2) is 24.1 Å². The maximum atomic E-state index is 12.2. The van der Waals surface area contributed by atoms with Gasteiger partial charge in [-0.2, -0.15) is 5.10 Å². The Morgan fingerprint density at radius 3 is 2.41 bits per heavy atom. The van der Waals surface area contributed by atoms with Crippen LogP contribution >= 0.6 is 0 Å². The molecule has 172 valence electrons. The number of carbonyl (C=O) groups excluding carboxylic acids is 1. The summed E-state index contributed by atoms with van der Waals surface area (Å²) in [5, 5.41) is 13.2. The third-order valence-electron chi connectivity index (χ3n) is 5.98. The highest BCUT2D eigenvalue weighted by Gasteiger charge is 2.28. The summed E-state index contributed by atoms with van der Waals surface area (Å²) in [6.07, 6.45) is 1.39. The lowest BCUT2D eigenvalue weighted by atomic mass is 9.88. The van der Waals surface area contributed by atoms with E-state index in [2.05, 4.69) is 34.7 Å². The Bertz CT molecular complexity index is 1490. The lowest BCUT2D eigenvalue weighted by Crippen LogP contribution is -2.15. The predicted molar refractivity (Wildman–Crippen MR) is 130 cm³/mol. The second-order valence-corrected chi connectivity index (χ2v) is 9.76. The fourth-order valence-corrected chi connectivity index (χ4v) is 4.83. The lowest BCUT2D eigenvalue weighted by molar-refractivity contribution is 0.0994. The Morgan fingerprint density at radius 2 is 1.74 bits per heavy atom. The summed E-state index contributed by atoms with van der Waals surface area (Å²) in [6, 6.07) is 22.4. The third-order valence-corrected chi connectivity index (χ3v) is 6.90. The average molecular weight is 474 g/mol. The highest BCUT2D eigenvalue weighted by atomic mass is 32.2. The topological polar surface area (TPSA) is 133 Å². The summed E-state index contributed by atoms with van der Waals surface area (Å²) in [5.41, 5.74) is 12.2. The van der Waals surface area contributed by atoms with Crippen molar-refractivity contribution < 1.29 is 13.2 Å². The number of benzene rings is 3. The Labute approximate surface area is 197 Å². The van der Waals surface area contributed by atoms with E-state index in [0.29, 0.717) is 18.7 Å². The van der Waals surface area contributed by atoms with Gasteiger partial charge in [0.2, 0.25) is 10.0 Å². The van der Waals surface area contributed by atoms with Gasteiger partial charge in [-0.15, -0.1) is 0 Å². The highest BCUT2D eigenvalue weighted by molar-refractivity contribution is 7.89.